The molecule has 0 fully saturated rings. The molecule has 0 aromatic heterocycles. The van der Waals surface area contributed by atoms with E-state index in [1.165, 1.54) is 30.8 Å². The van der Waals surface area contributed by atoms with Crippen molar-refractivity contribution in [3.05, 3.63) is 29.8 Å². The first-order chi connectivity index (χ1) is 16.0. The van der Waals surface area contributed by atoms with E-state index in [0.29, 0.717) is 11.3 Å². The summed E-state index contributed by atoms with van der Waals surface area (Å²) in [5, 5.41) is 44.5. The standard InChI is InChI=1S/C21H32N4O8S/c1-11(27)17(22)20(31)24-15(9-12-3-5-13(28)6-4-12)19(30)23-14(7-8-34-2)18(29)25-16(10-26)21(32)33/h3-6,11,14-17,26-28H,7-10,22H2,1-2H3,(H,23,30)(H,24,31)(H,25,29)(H,32,33). The summed E-state index contributed by atoms with van der Waals surface area (Å²) in [5.41, 5.74) is 6.25. The van der Waals surface area contributed by atoms with Crippen LogP contribution in [0.25, 0.3) is 0 Å². The third-order valence-electron chi connectivity index (χ3n) is 4.87. The van der Waals surface area contributed by atoms with E-state index in [-0.39, 0.29) is 18.6 Å². The maximum absolute atomic E-state index is 13.1. The van der Waals surface area contributed by atoms with Crippen LogP contribution in [0.15, 0.2) is 24.3 Å². The number of hydrogen-bond acceptors (Lipinski definition) is 9. The van der Waals surface area contributed by atoms with Gasteiger partial charge in [-0.25, -0.2) is 4.79 Å². The first kappa shape index (κ1) is 29.2. The van der Waals surface area contributed by atoms with Gasteiger partial charge in [-0.1, -0.05) is 12.1 Å². The predicted molar refractivity (Wildman–Crippen MR) is 125 cm³/mol. The minimum atomic E-state index is -1.54. The highest BCUT2D eigenvalue weighted by atomic mass is 32.2. The van der Waals surface area contributed by atoms with Crippen LogP contribution in [0.3, 0.4) is 0 Å². The van der Waals surface area contributed by atoms with Gasteiger partial charge in [0, 0.05) is 6.42 Å². The maximum atomic E-state index is 13.1. The summed E-state index contributed by atoms with van der Waals surface area (Å²) in [6.45, 7) is 0.489. The molecule has 190 valence electrons. The zero-order valence-corrected chi connectivity index (χ0v) is 19.7. The second-order valence-electron chi connectivity index (χ2n) is 7.62. The van der Waals surface area contributed by atoms with Crippen LogP contribution in [-0.4, -0.2) is 93.0 Å². The molecular formula is C21H32N4O8S. The SMILES string of the molecule is CSCCC(NC(=O)C(Cc1ccc(O)cc1)NC(=O)C(N)C(C)O)C(=O)NC(CO)C(=O)O. The Morgan fingerprint density at radius 2 is 1.50 bits per heavy atom. The number of hydrogen-bond donors (Lipinski definition) is 8. The first-order valence-electron chi connectivity index (χ1n) is 10.4. The van der Waals surface area contributed by atoms with Gasteiger partial charge < -0.3 is 42.1 Å². The zero-order valence-electron chi connectivity index (χ0n) is 18.9. The minimum absolute atomic E-state index is 0.00980. The molecule has 1 aromatic rings. The van der Waals surface area contributed by atoms with Crippen molar-refractivity contribution in [2.45, 2.75) is 50.0 Å². The number of aliphatic hydroxyl groups excluding tert-OH is 2. The Hall–Kier alpha value is -2.87. The zero-order chi connectivity index (χ0) is 25.8. The molecular weight excluding hydrogens is 468 g/mol. The molecule has 0 radical (unpaired) electrons. The van der Waals surface area contributed by atoms with Gasteiger partial charge >= 0.3 is 5.97 Å². The molecule has 0 saturated heterocycles. The molecule has 3 amide bonds. The largest absolute Gasteiger partial charge is 0.508 e. The number of nitrogens with one attached hydrogen (secondary N) is 3. The Labute approximate surface area is 201 Å². The van der Waals surface area contributed by atoms with Gasteiger partial charge in [0.25, 0.3) is 0 Å². The number of rotatable bonds is 14. The van der Waals surface area contributed by atoms with E-state index in [1.54, 1.807) is 18.4 Å². The average molecular weight is 501 g/mol. The van der Waals surface area contributed by atoms with Crippen LogP contribution < -0.4 is 21.7 Å². The van der Waals surface area contributed by atoms with Crippen molar-refractivity contribution in [2.75, 3.05) is 18.6 Å². The van der Waals surface area contributed by atoms with Crippen LogP contribution in [0.2, 0.25) is 0 Å². The minimum Gasteiger partial charge on any atom is -0.508 e. The lowest BCUT2D eigenvalue weighted by atomic mass is 10.0. The van der Waals surface area contributed by atoms with Crippen molar-refractivity contribution in [1.82, 2.24) is 16.0 Å². The van der Waals surface area contributed by atoms with E-state index in [2.05, 4.69) is 16.0 Å². The molecule has 0 spiro atoms. The molecule has 12 nitrogen and oxygen atoms in total. The van der Waals surface area contributed by atoms with E-state index in [1.807, 2.05) is 0 Å². The van der Waals surface area contributed by atoms with Crippen LogP contribution in [-0.2, 0) is 25.6 Å². The monoisotopic (exact) mass is 500 g/mol. The number of aliphatic hydroxyl groups is 2. The summed E-state index contributed by atoms with van der Waals surface area (Å²) in [6, 6.07) is 0.730. The number of phenolic OH excluding ortho intramolecular Hbond substituents is 1. The van der Waals surface area contributed by atoms with E-state index >= 15 is 0 Å². The van der Waals surface area contributed by atoms with Gasteiger partial charge in [-0.3, -0.25) is 14.4 Å². The second-order valence-corrected chi connectivity index (χ2v) is 8.61. The van der Waals surface area contributed by atoms with Crippen molar-refractivity contribution in [1.29, 1.82) is 0 Å². The number of nitrogens with two attached hydrogens (primary N) is 1. The van der Waals surface area contributed by atoms with Gasteiger partial charge in [-0.15, -0.1) is 0 Å². The Kier molecular flexibility index (Phi) is 12.4. The van der Waals surface area contributed by atoms with E-state index in [0.717, 1.165) is 0 Å². The lowest BCUT2D eigenvalue weighted by Gasteiger charge is -2.25. The smallest absolute Gasteiger partial charge is 0.328 e. The van der Waals surface area contributed by atoms with Crippen LogP contribution >= 0.6 is 11.8 Å². The number of amides is 3. The second kappa shape index (κ2) is 14.4. The number of thioether (sulfide) groups is 1. The van der Waals surface area contributed by atoms with Gasteiger partial charge in [-0.05, 0) is 43.0 Å². The Balaban J connectivity index is 3.09. The number of aliphatic carboxylic acids is 1. The van der Waals surface area contributed by atoms with Crippen LogP contribution in [0, 0.1) is 0 Å². The number of carboxylic acid groups (broad SMARTS) is 1. The molecule has 0 heterocycles. The number of aromatic hydroxyl groups is 1. The van der Waals surface area contributed by atoms with E-state index < -0.39 is 60.6 Å². The van der Waals surface area contributed by atoms with Crippen LogP contribution in [0.1, 0.15) is 18.9 Å². The number of benzene rings is 1. The van der Waals surface area contributed by atoms with Crippen LogP contribution in [0.5, 0.6) is 5.75 Å². The summed E-state index contributed by atoms with van der Waals surface area (Å²) in [6.07, 6.45) is 0.749. The Morgan fingerprint density at radius 1 is 0.971 bits per heavy atom. The predicted octanol–water partition coefficient (Wildman–Crippen LogP) is -2.07. The molecule has 1 aromatic carbocycles. The fourth-order valence-corrected chi connectivity index (χ4v) is 3.27. The Morgan fingerprint density at radius 3 is 2.00 bits per heavy atom. The van der Waals surface area contributed by atoms with Gasteiger partial charge in [0.2, 0.25) is 17.7 Å². The molecule has 34 heavy (non-hydrogen) atoms. The van der Waals surface area contributed by atoms with Crippen LogP contribution in [0.4, 0.5) is 0 Å². The van der Waals surface area contributed by atoms with Crippen molar-refractivity contribution < 1.29 is 39.6 Å². The van der Waals surface area contributed by atoms with E-state index in [9.17, 15) is 29.4 Å². The molecule has 5 atom stereocenters. The van der Waals surface area contributed by atoms with Gasteiger partial charge in [-0.2, -0.15) is 11.8 Å². The highest BCUT2D eigenvalue weighted by Crippen LogP contribution is 2.12. The fourth-order valence-electron chi connectivity index (χ4n) is 2.80. The van der Waals surface area contributed by atoms with E-state index in [4.69, 9.17) is 15.9 Å². The summed E-state index contributed by atoms with van der Waals surface area (Å²) >= 11 is 1.40. The number of carbonyl (C=O) groups is 4. The summed E-state index contributed by atoms with van der Waals surface area (Å²) in [4.78, 5) is 49.2. The molecule has 13 heteroatoms. The van der Waals surface area contributed by atoms with Crippen molar-refractivity contribution in [2.24, 2.45) is 5.73 Å². The third kappa shape index (κ3) is 9.55. The summed E-state index contributed by atoms with van der Waals surface area (Å²) < 4.78 is 0. The quantitative estimate of drug-likeness (QED) is 0.140. The highest BCUT2D eigenvalue weighted by molar-refractivity contribution is 7.98. The van der Waals surface area contributed by atoms with Crippen molar-refractivity contribution in [3.8, 4) is 5.75 Å². The molecule has 0 aliphatic carbocycles. The third-order valence-corrected chi connectivity index (χ3v) is 5.52. The normalized spacial score (nSPS) is 15.3. The van der Waals surface area contributed by atoms with Crippen molar-refractivity contribution in [3.63, 3.8) is 0 Å². The van der Waals surface area contributed by atoms with Crippen molar-refractivity contribution >= 4 is 35.5 Å². The molecule has 1 rings (SSSR count). The summed E-state index contributed by atoms with van der Waals surface area (Å²) in [5.74, 6) is -3.30. The van der Waals surface area contributed by atoms with Gasteiger partial charge in [0.05, 0.1) is 12.7 Å². The number of phenols is 1. The first-order valence-corrected chi connectivity index (χ1v) is 11.8. The lowest BCUT2D eigenvalue weighted by Crippen LogP contribution is -2.59. The molecule has 5 unspecified atom stereocenters. The molecule has 9 N–H and O–H groups in total. The number of carboxylic acids is 1. The molecule has 0 bridgehead atoms. The highest BCUT2D eigenvalue weighted by Gasteiger charge is 2.30. The topological polar surface area (TPSA) is 211 Å². The lowest BCUT2D eigenvalue weighted by molar-refractivity contribution is -0.143. The maximum Gasteiger partial charge on any atom is 0.328 e. The average Bonchev–Trinajstić information content (AvgIpc) is 2.79. The van der Waals surface area contributed by atoms with Gasteiger partial charge in [0.15, 0.2) is 0 Å². The van der Waals surface area contributed by atoms with Gasteiger partial charge in [0.1, 0.15) is 29.9 Å². The fraction of sp³-hybridized carbons (Fsp3) is 0.524. The molecule has 0 aliphatic rings. The summed E-state index contributed by atoms with van der Waals surface area (Å²) in [7, 11) is 0. The number of carbonyl (C=O) groups excluding carboxylic acids is 3. The Bertz CT molecular complexity index is 837. The molecule has 0 saturated carbocycles. The molecule has 0 aliphatic heterocycles.